The lowest BCUT2D eigenvalue weighted by Gasteiger charge is -2.24. The number of ketones is 2. The second-order valence-corrected chi connectivity index (χ2v) is 16.7. The van der Waals surface area contributed by atoms with Crippen molar-refractivity contribution in [3.8, 4) is 0 Å². The van der Waals surface area contributed by atoms with Gasteiger partial charge in [-0.3, -0.25) is 19.4 Å². The van der Waals surface area contributed by atoms with Gasteiger partial charge in [0.05, 0.1) is 16.6 Å². The summed E-state index contributed by atoms with van der Waals surface area (Å²) < 4.78 is 0. The van der Waals surface area contributed by atoms with Gasteiger partial charge in [-0.1, -0.05) is 88.8 Å². The van der Waals surface area contributed by atoms with Gasteiger partial charge in [-0.25, -0.2) is 9.97 Å². The molecule has 7 aromatic rings. The lowest BCUT2D eigenvalue weighted by atomic mass is 9.99. The Kier molecular flexibility index (Phi) is 10.1. The second kappa shape index (κ2) is 15.6. The maximum atomic E-state index is 14.2. The Morgan fingerprint density at radius 2 is 1.04 bits per heavy atom. The van der Waals surface area contributed by atoms with E-state index in [1.54, 1.807) is 28.7 Å². The maximum Gasteiger partial charge on any atom is 0.197 e. The van der Waals surface area contributed by atoms with Crippen LogP contribution in [0.1, 0.15) is 97.1 Å². The van der Waals surface area contributed by atoms with Crippen molar-refractivity contribution in [2.45, 2.75) is 78.1 Å². The van der Waals surface area contributed by atoms with Gasteiger partial charge in [0.15, 0.2) is 23.2 Å². The van der Waals surface area contributed by atoms with Crippen molar-refractivity contribution in [3.63, 3.8) is 0 Å². The number of Topliss-reactive ketones (excluding diaryl/α,β-unsaturated/α-hetero) is 2. The smallest absolute Gasteiger partial charge is 0.197 e. The summed E-state index contributed by atoms with van der Waals surface area (Å²) in [6.45, 7) is 4.48. The van der Waals surface area contributed by atoms with Gasteiger partial charge in [0.2, 0.25) is 0 Å². The fourth-order valence-corrected chi connectivity index (χ4v) is 10.1. The molecule has 1 aliphatic heterocycles. The van der Waals surface area contributed by atoms with Crippen LogP contribution in [0.4, 0.5) is 21.6 Å². The van der Waals surface area contributed by atoms with Gasteiger partial charge in [-0.15, -0.1) is 22.7 Å². The minimum Gasteiger partial charge on any atom is -0.288 e. The van der Waals surface area contributed by atoms with Gasteiger partial charge in [0, 0.05) is 11.1 Å². The molecule has 0 unspecified atom stereocenters. The molecule has 0 saturated carbocycles. The number of para-hydroxylation sites is 2. The molecule has 0 atom stereocenters. The number of hydrogen-bond donors (Lipinski definition) is 0. The SMILES string of the molecule is CCCCCCc1ccsc1N1C(=CC=C2C(=O)c3cc4cc5ccccc5cc4cc3C2=O)N(c2sccc2CCCCCC)c2nc3ccccc3nc21. The van der Waals surface area contributed by atoms with E-state index in [2.05, 4.69) is 70.8 Å². The molecule has 6 nitrogen and oxygen atoms in total. The highest BCUT2D eigenvalue weighted by Gasteiger charge is 2.40. The Labute approximate surface area is 335 Å². The zero-order valence-corrected chi connectivity index (χ0v) is 33.5. The molecule has 8 heteroatoms. The van der Waals surface area contributed by atoms with E-state index in [9.17, 15) is 9.59 Å². The first-order valence-electron chi connectivity index (χ1n) is 20.0. The summed E-state index contributed by atoms with van der Waals surface area (Å²) in [5.41, 5.74) is 5.25. The molecule has 0 spiro atoms. The summed E-state index contributed by atoms with van der Waals surface area (Å²) in [6, 6.07) is 28.7. The summed E-state index contributed by atoms with van der Waals surface area (Å²) in [5.74, 6) is 1.83. The highest BCUT2D eigenvalue weighted by atomic mass is 32.1. The van der Waals surface area contributed by atoms with E-state index < -0.39 is 0 Å². The largest absolute Gasteiger partial charge is 0.288 e. The zero-order valence-electron chi connectivity index (χ0n) is 31.9. The number of unbranched alkanes of at least 4 members (excludes halogenated alkanes) is 6. The van der Waals surface area contributed by atoms with E-state index in [1.165, 1.54) is 49.7 Å². The number of allylic oxidation sites excluding steroid dienone is 3. The highest BCUT2D eigenvalue weighted by Crippen LogP contribution is 2.52. The van der Waals surface area contributed by atoms with Crippen molar-refractivity contribution in [1.29, 1.82) is 0 Å². The number of hydrogen-bond acceptors (Lipinski definition) is 8. The third-order valence-electron chi connectivity index (χ3n) is 11.1. The predicted molar refractivity (Wildman–Crippen MR) is 234 cm³/mol. The number of rotatable bonds is 13. The number of fused-ring (bicyclic) bond motifs is 5. The highest BCUT2D eigenvalue weighted by molar-refractivity contribution is 7.15. The molecule has 0 bridgehead atoms. The van der Waals surface area contributed by atoms with Gasteiger partial charge in [-0.2, -0.15) is 0 Å². The van der Waals surface area contributed by atoms with Crippen LogP contribution in [0.25, 0.3) is 32.6 Å². The Morgan fingerprint density at radius 1 is 0.554 bits per heavy atom. The molecule has 0 radical (unpaired) electrons. The third kappa shape index (κ3) is 6.54. The lowest BCUT2D eigenvalue weighted by Crippen LogP contribution is -2.22. The number of aryl methyl sites for hydroxylation is 2. The van der Waals surface area contributed by atoms with Crippen LogP contribution in [0.2, 0.25) is 0 Å². The number of anilines is 4. The van der Waals surface area contributed by atoms with Crippen LogP contribution in [-0.2, 0) is 12.8 Å². The number of thiophene rings is 2. The second-order valence-electron chi connectivity index (χ2n) is 14.9. The molecule has 0 N–H and O–H groups in total. The van der Waals surface area contributed by atoms with Crippen LogP contribution < -0.4 is 9.80 Å². The number of benzene rings is 4. The fourth-order valence-electron chi connectivity index (χ4n) is 8.13. The van der Waals surface area contributed by atoms with Crippen molar-refractivity contribution >= 4 is 88.5 Å². The Hall–Kier alpha value is -5.44. The molecule has 0 amide bonds. The molecule has 280 valence electrons. The standard InChI is InChI=1S/C48H44N4O2S2/c1-3-5-7-9-15-31-23-25-55-47(31)51-42(22-21-37-43(53)38-29-35-27-33-17-11-12-18-34(33)28-36(35)30-39(38)44(37)54)52(48-32(24-26-56-48)16-10-8-6-4-2)46-45(51)49-40-19-13-14-20-41(40)50-46/h11-14,17-30H,3-10,15-16H2,1-2H3. The Morgan fingerprint density at radius 3 is 1.52 bits per heavy atom. The molecule has 0 fully saturated rings. The van der Waals surface area contributed by atoms with Crippen LogP contribution in [0, 0.1) is 0 Å². The molecule has 2 aliphatic rings. The summed E-state index contributed by atoms with van der Waals surface area (Å²) in [7, 11) is 0. The van der Waals surface area contributed by atoms with Gasteiger partial charge >= 0.3 is 0 Å². The maximum absolute atomic E-state index is 14.2. The molecule has 4 heterocycles. The van der Waals surface area contributed by atoms with Crippen molar-refractivity contribution in [2.24, 2.45) is 0 Å². The van der Waals surface area contributed by atoms with Crippen LogP contribution in [-0.4, -0.2) is 21.5 Å². The number of nitrogens with zero attached hydrogens (tertiary/aromatic N) is 4. The van der Waals surface area contributed by atoms with E-state index in [4.69, 9.17) is 9.97 Å². The number of carbonyl (C=O) groups is 2. The summed E-state index contributed by atoms with van der Waals surface area (Å²) in [4.78, 5) is 43.5. The van der Waals surface area contributed by atoms with E-state index in [0.29, 0.717) is 11.1 Å². The summed E-state index contributed by atoms with van der Waals surface area (Å²) in [6.07, 6.45) is 15.0. The summed E-state index contributed by atoms with van der Waals surface area (Å²) >= 11 is 3.39. The molecule has 3 aromatic heterocycles. The van der Waals surface area contributed by atoms with Gasteiger partial charge in [0.25, 0.3) is 0 Å². The third-order valence-corrected chi connectivity index (χ3v) is 13.0. The molecular weight excluding hydrogens is 729 g/mol. The first-order chi connectivity index (χ1) is 27.5. The van der Waals surface area contributed by atoms with Crippen LogP contribution in [0.5, 0.6) is 0 Å². The predicted octanol–water partition coefficient (Wildman–Crippen LogP) is 13.4. The van der Waals surface area contributed by atoms with Crippen LogP contribution in [0.3, 0.4) is 0 Å². The minimum absolute atomic E-state index is 0.172. The lowest BCUT2D eigenvalue weighted by molar-refractivity contribution is 0.0988. The quantitative estimate of drug-likeness (QED) is 0.0503. The number of aromatic nitrogens is 2. The van der Waals surface area contributed by atoms with Gasteiger partial charge in [0.1, 0.15) is 15.8 Å². The molecule has 4 aromatic carbocycles. The molecule has 56 heavy (non-hydrogen) atoms. The normalized spacial score (nSPS) is 13.8. The molecular formula is C48H44N4O2S2. The topological polar surface area (TPSA) is 66.4 Å². The number of carbonyl (C=O) groups excluding carboxylic acids is 2. The van der Waals surface area contributed by atoms with E-state index in [0.717, 1.165) is 85.7 Å². The summed E-state index contributed by atoms with van der Waals surface area (Å²) in [5, 5.41) is 10.6. The first kappa shape index (κ1) is 36.2. The van der Waals surface area contributed by atoms with Crippen molar-refractivity contribution < 1.29 is 9.59 Å². The zero-order chi connectivity index (χ0) is 38.2. The minimum atomic E-state index is -0.243. The van der Waals surface area contributed by atoms with E-state index >= 15 is 0 Å². The molecule has 9 rings (SSSR count). The Bertz CT molecular complexity index is 2530. The van der Waals surface area contributed by atoms with E-state index in [1.807, 2.05) is 54.6 Å². The monoisotopic (exact) mass is 772 g/mol. The van der Waals surface area contributed by atoms with Crippen molar-refractivity contribution in [1.82, 2.24) is 9.97 Å². The Balaban J connectivity index is 1.20. The van der Waals surface area contributed by atoms with Crippen molar-refractivity contribution in [3.05, 3.63) is 141 Å². The first-order valence-corrected chi connectivity index (χ1v) is 21.8. The molecule has 1 aliphatic carbocycles. The fraction of sp³-hybridized carbons (Fsp3) is 0.250. The van der Waals surface area contributed by atoms with Gasteiger partial charge < -0.3 is 0 Å². The molecule has 0 saturated heterocycles. The average molecular weight is 773 g/mol. The van der Waals surface area contributed by atoms with Crippen molar-refractivity contribution in [2.75, 3.05) is 9.80 Å². The van der Waals surface area contributed by atoms with Gasteiger partial charge in [-0.05, 0) is 130 Å². The average Bonchev–Trinajstić information content (AvgIpc) is 3.99. The van der Waals surface area contributed by atoms with Crippen LogP contribution in [0.15, 0.2) is 119 Å². The van der Waals surface area contributed by atoms with Crippen LogP contribution >= 0.6 is 22.7 Å². The van der Waals surface area contributed by atoms with E-state index in [-0.39, 0.29) is 17.1 Å².